The average Bonchev–Trinajstić information content (AvgIpc) is 2.43. The van der Waals surface area contributed by atoms with Gasteiger partial charge in [0.05, 0.1) is 15.6 Å². The predicted octanol–water partition coefficient (Wildman–Crippen LogP) is 5.76. The first kappa shape index (κ1) is 16.6. The molecule has 0 bridgehead atoms. The van der Waals surface area contributed by atoms with Gasteiger partial charge in [-0.2, -0.15) is 13.2 Å². The molecule has 2 aromatic carbocycles. The minimum absolute atomic E-state index is 0.00654. The Hall–Kier alpha value is -1.79. The number of aldehydes is 1. The zero-order valence-electron chi connectivity index (χ0n) is 10.5. The van der Waals surface area contributed by atoms with Gasteiger partial charge in [0.1, 0.15) is 5.75 Å². The Labute approximate surface area is 132 Å². The summed E-state index contributed by atoms with van der Waals surface area (Å²) in [5, 5.41) is -0.392. The highest BCUT2D eigenvalue weighted by molar-refractivity contribution is 6.33. The van der Waals surface area contributed by atoms with E-state index in [0.717, 1.165) is 0 Å². The van der Waals surface area contributed by atoms with Crippen molar-refractivity contribution in [1.29, 1.82) is 0 Å². The van der Waals surface area contributed by atoms with Gasteiger partial charge in [0.15, 0.2) is 17.9 Å². The number of ether oxygens (including phenoxy) is 1. The molecule has 0 unspecified atom stereocenters. The minimum atomic E-state index is -4.73. The lowest BCUT2D eigenvalue weighted by Crippen LogP contribution is -2.06. The smallest absolute Gasteiger partial charge is 0.416 e. The molecule has 116 valence electrons. The second kappa shape index (κ2) is 6.14. The zero-order chi connectivity index (χ0) is 16.5. The summed E-state index contributed by atoms with van der Waals surface area (Å²) >= 11 is 11.4. The van der Waals surface area contributed by atoms with Crippen molar-refractivity contribution in [2.45, 2.75) is 6.18 Å². The van der Waals surface area contributed by atoms with Gasteiger partial charge in [-0.3, -0.25) is 4.79 Å². The van der Waals surface area contributed by atoms with Gasteiger partial charge in [-0.1, -0.05) is 23.2 Å². The number of carbonyl (C=O) groups is 1. The first-order valence-electron chi connectivity index (χ1n) is 5.71. The monoisotopic (exact) mass is 352 g/mol. The van der Waals surface area contributed by atoms with Crippen molar-refractivity contribution in [1.82, 2.24) is 0 Å². The van der Waals surface area contributed by atoms with Crippen molar-refractivity contribution in [3.05, 3.63) is 57.3 Å². The highest BCUT2D eigenvalue weighted by Crippen LogP contribution is 2.38. The molecule has 0 fully saturated rings. The van der Waals surface area contributed by atoms with Crippen LogP contribution in [0.25, 0.3) is 0 Å². The van der Waals surface area contributed by atoms with E-state index in [1.807, 2.05) is 0 Å². The Morgan fingerprint density at radius 1 is 1.05 bits per heavy atom. The van der Waals surface area contributed by atoms with Crippen LogP contribution in [0.4, 0.5) is 17.6 Å². The molecule has 8 heteroatoms. The third kappa shape index (κ3) is 3.51. The maximum atomic E-state index is 13.8. The Morgan fingerprint density at radius 2 is 1.73 bits per heavy atom. The van der Waals surface area contributed by atoms with E-state index >= 15 is 0 Å². The average molecular weight is 353 g/mol. The third-order valence-corrected chi connectivity index (χ3v) is 3.26. The molecule has 0 radical (unpaired) electrons. The molecule has 0 aromatic heterocycles. The summed E-state index contributed by atoms with van der Waals surface area (Å²) in [7, 11) is 0. The van der Waals surface area contributed by atoms with Gasteiger partial charge in [0.2, 0.25) is 0 Å². The van der Waals surface area contributed by atoms with E-state index < -0.39 is 28.3 Å². The molecule has 2 aromatic rings. The SMILES string of the molecule is O=Cc1cc(Oc2c(F)cc(C(F)(F)F)cc2Cl)ccc1Cl. The van der Waals surface area contributed by atoms with E-state index in [1.54, 1.807) is 0 Å². The van der Waals surface area contributed by atoms with Crippen LogP contribution in [0.1, 0.15) is 15.9 Å². The van der Waals surface area contributed by atoms with E-state index in [-0.39, 0.29) is 22.4 Å². The van der Waals surface area contributed by atoms with Crippen LogP contribution in [-0.2, 0) is 6.18 Å². The fourth-order valence-corrected chi connectivity index (χ4v) is 2.02. The lowest BCUT2D eigenvalue weighted by Gasteiger charge is -2.12. The number of carbonyl (C=O) groups excluding carboxylic acids is 1. The summed E-state index contributed by atoms with van der Waals surface area (Å²) in [6.07, 6.45) is -4.27. The normalized spacial score (nSPS) is 11.4. The molecule has 0 amide bonds. The van der Waals surface area contributed by atoms with Crippen LogP contribution in [-0.4, -0.2) is 6.29 Å². The van der Waals surface area contributed by atoms with Crippen molar-refractivity contribution in [2.24, 2.45) is 0 Å². The van der Waals surface area contributed by atoms with Gasteiger partial charge < -0.3 is 4.74 Å². The minimum Gasteiger partial charge on any atom is -0.453 e. The quantitative estimate of drug-likeness (QED) is 0.518. The fraction of sp³-hybridized carbons (Fsp3) is 0.0714. The van der Waals surface area contributed by atoms with Crippen molar-refractivity contribution in [3.63, 3.8) is 0 Å². The first-order chi connectivity index (χ1) is 10.2. The molecule has 0 atom stereocenters. The van der Waals surface area contributed by atoms with E-state index in [2.05, 4.69) is 0 Å². The number of rotatable bonds is 3. The van der Waals surface area contributed by atoms with Crippen molar-refractivity contribution in [3.8, 4) is 11.5 Å². The van der Waals surface area contributed by atoms with Crippen molar-refractivity contribution >= 4 is 29.5 Å². The van der Waals surface area contributed by atoms with Crippen molar-refractivity contribution in [2.75, 3.05) is 0 Å². The maximum absolute atomic E-state index is 13.8. The molecule has 0 spiro atoms. The van der Waals surface area contributed by atoms with Gasteiger partial charge >= 0.3 is 6.18 Å². The van der Waals surface area contributed by atoms with Crippen LogP contribution >= 0.6 is 23.2 Å². The lowest BCUT2D eigenvalue weighted by molar-refractivity contribution is -0.137. The molecular formula is C14H6Cl2F4O2. The molecule has 2 nitrogen and oxygen atoms in total. The van der Waals surface area contributed by atoms with Crippen LogP contribution in [0.15, 0.2) is 30.3 Å². The molecule has 0 aliphatic rings. The highest BCUT2D eigenvalue weighted by atomic mass is 35.5. The molecule has 0 N–H and O–H groups in total. The molecule has 0 aliphatic carbocycles. The first-order valence-corrected chi connectivity index (χ1v) is 6.47. The largest absolute Gasteiger partial charge is 0.453 e. The summed E-state index contributed by atoms with van der Waals surface area (Å²) in [5.74, 6) is -1.84. The highest BCUT2D eigenvalue weighted by Gasteiger charge is 2.32. The van der Waals surface area contributed by atoms with E-state index in [0.29, 0.717) is 12.4 Å². The Bertz CT molecular complexity index is 706. The van der Waals surface area contributed by atoms with Crippen LogP contribution in [0.5, 0.6) is 11.5 Å². The summed E-state index contributed by atoms with van der Waals surface area (Å²) in [4.78, 5) is 10.8. The summed E-state index contributed by atoms with van der Waals surface area (Å²) in [5.41, 5.74) is -1.14. The second-order valence-corrected chi connectivity index (χ2v) is 4.98. The number of halogens is 6. The van der Waals surface area contributed by atoms with Gasteiger partial charge in [-0.25, -0.2) is 4.39 Å². The molecule has 0 heterocycles. The van der Waals surface area contributed by atoms with Crippen LogP contribution in [0.2, 0.25) is 10.0 Å². The molecule has 0 aliphatic heterocycles. The topological polar surface area (TPSA) is 26.3 Å². The van der Waals surface area contributed by atoms with E-state index in [4.69, 9.17) is 27.9 Å². The predicted molar refractivity (Wildman–Crippen MR) is 73.3 cm³/mol. The molecule has 0 saturated carbocycles. The number of benzene rings is 2. The van der Waals surface area contributed by atoms with Crippen LogP contribution in [0.3, 0.4) is 0 Å². The second-order valence-electron chi connectivity index (χ2n) is 4.17. The number of alkyl halides is 3. The van der Waals surface area contributed by atoms with Crippen LogP contribution < -0.4 is 4.74 Å². The fourth-order valence-electron chi connectivity index (χ4n) is 1.61. The molecule has 2 rings (SSSR count). The molecule has 0 saturated heterocycles. The zero-order valence-corrected chi connectivity index (χ0v) is 12.1. The van der Waals surface area contributed by atoms with Gasteiger partial charge in [-0.05, 0) is 30.3 Å². The molecular weight excluding hydrogens is 347 g/mol. The van der Waals surface area contributed by atoms with Gasteiger partial charge in [0, 0.05) is 5.56 Å². The van der Waals surface area contributed by atoms with Crippen molar-refractivity contribution < 1.29 is 27.1 Å². The summed E-state index contributed by atoms with van der Waals surface area (Å²) in [6, 6.07) is 4.69. The Kier molecular flexibility index (Phi) is 4.63. The van der Waals surface area contributed by atoms with E-state index in [1.165, 1.54) is 18.2 Å². The summed E-state index contributed by atoms with van der Waals surface area (Å²) in [6.45, 7) is 0. The lowest BCUT2D eigenvalue weighted by atomic mass is 10.2. The Morgan fingerprint density at radius 3 is 2.27 bits per heavy atom. The van der Waals surface area contributed by atoms with Crippen LogP contribution in [0, 0.1) is 5.82 Å². The standard InChI is InChI=1S/C14H6Cl2F4O2/c15-10-2-1-9(3-7(10)6-21)22-13-11(16)4-8(5-12(13)17)14(18,19)20/h1-6H. The third-order valence-electron chi connectivity index (χ3n) is 2.64. The van der Waals surface area contributed by atoms with E-state index in [9.17, 15) is 22.4 Å². The van der Waals surface area contributed by atoms with Gasteiger partial charge in [0.25, 0.3) is 0 Å². The number of hydrogen-bond acceptors (Lipinski definition) is 2. The number of hydrogen-bond donors (Lipinski definition) is 0. The van der Waals surface area contributed by atoms with Gasteiger partial charge in [-0.15, -0.1) is 0 Å². The summed E-state index contributed by atoms with van der Waals surface area (Å²) < 4.78 is 56.5. The molecule has 22 heavy (non-hydrogen) atoms. The Balaban J connectivity index is 2.40. The maximum Gasteiger partial charge on any atom is 0.416 e.